The molecule has 0 saturated carbocycles. The second-order valence-corrected chi connectivity index (χ2v) is 10.3. The smallest absolute Gasteiger partial charge is 0.163 e. The number of fused-ring (bicyclic) bond motifs is 2. The van der Waals surface area contributed by atoms with Crippen LogP contribution in [0.5, 0.6) is 0 Å². The summed E-state index contributed by atoms with van der Waals surface area (Å²) in [5.74, 6) is 0.258. The molecule has 0 amide bonds. The van der Waals surface area contributed by atoms with Gasteiger partial charge in [-0.3, -0.25) is 9.69 Å². The molecule has 0 radical (unpaired) electrons. The fourth-order valence-electron chi connectivity index (χ4n) is 4.56. The summed E-state index contributed by atoms with van der Waals surface area (Å²) in [5, 5.41) is 3.57. The molecule has 0 N–H and O–H groups in total. The number of thiophene rings is 1. The van der Waals surface area contributed by atoms with Gasteiger partial charge in [0.1, 0.15) is 0 Å². The Morgan fingerprint density at radius 1 is 1.22 bits per heavy atom. The van der Waals surface area contributed by atoms with Gasteiger partial charge in [-0.05, 0) is 72.4 Å². The quantitative estimate of drug-likeness (QED) is 0.562. The van der Waals surface area contributed by atoms with Gasteiger partial charge < -0.3 is 0 Å². The highest BCUT2D eigenvalue weighted by molar-refractivity contribution is 7.17. The van der Waals surface area contributed by atoms with Crippen LogP contribution < -0.4 is 0 Å². The van der Waals surface area contributed by atoms with E-state index in [4.69, 9.17) is 0 Å². The molecular weight excluding hydrogens is 350 g/mol. The van der Waals surface area contributed by atoms with Crippen LogP contribution in [0.4, 0.5) is 0 Å². The molecule has 0 spiro atoms. The number of benzene rings is 1. The molecule has 0 bridgehead atoms. The van der Waals surface area contributed by atoms with E-state index in [1.807, 2.05) is 17.4 Å². The average molecular weight is 382 g/mol. The third kappa shape index (κ3) is 4.20. The predicted molar refractivity (Wildman–Crippen MR) is 117 cm³/mol. The second kappa shape index (κ2) is 7.52. The Morgan fingerprint density at radius 2 is 2.07 bits per heavy atom. The Hall–Kier alpha value is -1.45. The summed E-state index contributed by atoms with van der Waals surface area (Å²) in [4.78, 5) is 15.4. The monoisotopic (exact) mass is 381 g/mol. The van der Waals surface area contributed by atoms with Gasteiger partial charge in [0, 0.05) is 34.7 Å². The number of Topliss-reactive ketones (excluding diaryl/α,β-unsaturated/α-hetero) is 1. The fraction of sp³-hybridized carbons (Fsp3) is 0.542. The Labute approximate surface area is 167 Å². The molecule has 2 nitrogen and oxygen atoms in total. The molecule has 4 rings (SSSR count). The first-order chi connectivity index (χ1) is 12.9. The van der Waals surface area contributed by atoms with E-state index in [2.05, 4.69) is 49.3 Å². The van der Waals surface area contributed by atoms with Crippen molar-refractivity contribution in [1.82, 2.24) is 4.90 Å². The third-order valence-corrected chi connectivity index (χ3v) is 6.96. The molecule has 1 aromatic carbocycles. The van der Waals surface area contributed by atoms with Crippen LogP contribution in [0.25, 0.3) is 15.7 Å². The van der Waals surface area contributed by atoms with Crippen molar-refractivity contribution in [3.8, 4) is 0 Å². The van der Waals surface area contributed by atoms with Gasteiger partial charge in [-0.2, -0.15) is 0 Å². The minimum absolute atomic E-state index is 0.0259. The van der Waals surface area contributed by atoms with Crippen molar-refractivity contribution in [2.45, 2.75) is 65.3 Å². The van der Waals surface area contributed by atoms with E-state index in [-0.39, 0.29) is 11.2 Å². The molecule has 3 heterocycles. The van der Waals surface area contributed by atoms with E-state index in [1.165, 1.54) is 53.5 Å². The van der Waals surface area contributed by atoms with Crippen LogP contribution in [0.3, 0.4) is 0 Å². The largest absolute Gasteiger partial charge is 0.297 e. The Balaban J connectivity index is 1.63. The van der Waals surface area contributed by atoms with Crippen molar-refractivity contribution in [2.24, 2.45) is 5.41 Å². The first-order valence-corrected chi connectivity index (χ1v) is 11.3. The van der Waals surface area contributed by atoms with Crippen LogP contribution in [0.2, 0.25) is 0 Å². The lowest BCUT2D eigenvalue weighted by molar-refractivity contribution is 0.0940. The molecule has 144 valence electrons. The summed E-state index contributed by atoms with van der Waals surface area (Å²) in [6.45, 7) is 8.73. The highest BCUT2D eigenvalue weighted by atomic mass is 32.1. The normalized spacial score (nSPS) is 21.6. The van der Waals surface area contributed by atoms with Crippen LogP contribution in [-0.2, 0) is 0 Å². The van der Waals surface area contributed by atoms with Crippen LogP contribution in [0.15, 0.2) is 29.7 Å². The van der Waals surface area contributed by atoms with Crippen molar-refractivity contribution >= 4 is 32.8 Å². The molecule has 2 aliphatic heterocycles. The highest BCUT2D eigenvalue weighted by Gasteiger charge is 2.25. The molecule has 27 heavy (non-hydrogen) atoms. The molecule has 1 aromatic heterocycles. The van der Waals surface area contributed by atoms with Gasteiger partial charge in [0.15, 0.2) is 5.78 Å². The lowest BCUT2D eigenvalue weighted by atomic mass is 9.87. The van der Waals surface area contributed by atoms with Gasteiger partial charge in [0.25, 0.3) is 0 Å². The number of ketones is 1. The molecule has 3 heteroatoms. The summed E-state index contributed by atoms with van der Waals surface area (Å²) in [6.07, 6.45) is 9.57. The van der Waals surface area contributed by atoms with Crippen LogP contribution in [-0.4, -0.2) is 29.8 Å². The molecule has 0 aliphatic carbocycles. The number of carbonyl (C=O) groups is 1. The predicted octanol–water partition coefficient (Wildman–Crippen LogP) is 6.55. The van der Waals surface area contributed by atoms with Gasteiger partial charge in [0.05, 0.1) is 0 Å². The van der Waals surface area contributed by atoms with E-state index in [0.717, 1.165) is 24.6 Å². The summed E-state index contributed by atoms with van der Waals surface area (Å²) in [7, 11) is 0. The molecule has 1 unspecified atom stereocenters. The molecule has 1 atom stereocenters. The molecular formula is C24H31NOS. The van der Waals surface area contributed by atoms with Crippen molar-refractivity contribution in [3.63, 3.8) is 0 Å². The number of hydrogen-bond donors (Lipinski definition) is 0. The maximum Gasteiger partial charge on any atom is 0.163 e. The topological polar surface area (TPSA) is 20.3 Å². The number of nitrogens with zero attached hydrogens (tertiary/aromatic N) is 1. The molecule has 2 aliphatic rings. The molecule has 1 fully saturated rings. The SMILES string of the molecule is CC(C)(C)CC(=O)c1ccc2scc(C3=CCN4CCCCC4CC3)c2c1. The number of carbonyl (C=O) groups excluding carboxylic acids is 1. The van der Waals surface area contributed by atoms with Crippen molar-refractivity contribution < 1.29 is 4.79 Å². The summed E-state index contributed by atoms with van der Waals surface area (Å²) in [6, 6.07) is 7.06. The van der Waals surface area contributed by atoms with Crippen molar-refractivity contribution in [2.75, 3.05) is 13.1 Å². The van der Waals surface area contributed by atoms with E-state index in [1.54, 1.807) is 0 Å². The van der Waals surface area contributed by atoms with E-state index in [0.29, 0.717) is 6.42 Å². The zero-order valence-corrected chi connectivity index (χ0v) is 17.7. The lowest BCUT2D eigenvalue weighted by Crippen LogP contribution is -2.38. The van der Waals surface area contributed by atoms with Crippen molar-refractivity contribution in [3.05, 3.63) is 40.8 Å². The van der Waals surface area contributed by atoms with Gasteiger partial charge >= 0.3 is 0 Å². The van der Waals surface area contributed by atoms with Gasteiger partial charge in [-0.25, -0.2) is 0 Å². The van der Waals surface area contributed by atoms with E-state index >= 15 is 0 Å². The average Bonchev–Trinajstić information content (AvgIpc) is 2.92. The maximum atomic E-state index is 12.7. The third-order valence-electron chi connectivity index (χ3n) is 6.00. The summed E-state index contributed by atoms with van der Waals surface area (Å²) >= 11 is 1.81. The Kier molecular flexibility index (Phi) is 5.26. The molecule has 1 saturated heterocycles. The van der Waals surface area contributed by atoms with Crippen LogP contribution in [0, 0.1) is 5.41 Å². The minimum Gasteiger partial charge on any atom is -0.297 e. The zero-order chi connectivity index (χ0) is 19.0. The Morgan fingerprint density at radius 3 is 2.89 bits per heavy atom. The fourth-order valence-corrected chi connectivity index (χ4v) is 5.52. The number of allylic oxidation sites excluding steroid dienone is 1. The summed E-state index contributed by atoms with van der Waals surface area (Å²) in [5.41, 5.74) is 3.73. The zero-order valence-electron chi connectivity index (χ0n) is 16.9. The van der Waals surface area contributed by atoms with Crippen LogP contribution in [0.1, 0.15) is 75.2 Å². The maximum absolute atomic E-state index is 12.7. The van der Waals surface area contributed by atoms with Crippen molar-refractivity contribution in [1.29, 1.82) is 0 Å². The van der Waals surface area contributed by atoms with Crippen LogP contribution >= 0.6 is 11.3 Å². The first kappa shape index (κ1) is 18.9. The lowest BCUT2D eigenvalue weighted by Gasteiger charge is -2.33. The number of rotatable bonds is 3. The minimum atomic E-state index is 0.0259. The van der Waals surface area contributed by atoms with Gasteiger partial charge in [-0.15, -0.1) is 11.3 Å². The standard InChI is InChI=1S/C24H31NOS/c1-24(2,3)15-22(26)18-8-10-23-20(14-18)21(16-27-23)17-7-9-19-6-4-5-12-25(19)13-11-17/h8,10-11,14,16,19H,4-7,9,12-13,15H2,1-3H3. The van der Waals surface area contributed by atoms with E-state index in [9.17, 15) is 4.79 Å². The Bertz CT molecular complexity index is 870. The van der Waals surface area contributed by atoms with E-state index < -0.39 is 0 Å². The van der Waals surface area contributed by atoms with Gasteiger partial charge in [-0.1, -0.05) is 33.3 Å². The van der Waals surface area contributed by atoms with Gasteiger partial charge in [0.2, 0.25) is 0 Å². The second-order valence-electron chi connectivity index (χ2n) is 9.43. The number of hydrogen-bond acceptors (Lipinski definition) is 3. The molecule has 2 aromatic rings. The first-order valence-electron chi connectivity index (χ1n) is 10.4. The number of piperidine rings is 1. The summed E-state index contributed by atoms with van der Waals surface area (Å²) < 4.78 is 1.29. The highest BCUT2D eigenvalue weighted by Crippen LogP contribution is 2.37.